The summed E-state index contributed by atoms with van der Waals surface area (Å²) in [5.41, 5.74) is 1.21. The summed E-state index contributed by atoms with van der Waals surface area (Å²) in [5, 5.41) is 0. The van der Waals surface area contributed by atoms with Crippen LogP contribution < -0.4 is 0 Å². The van der Waals surface area contributed by atoms with E-state index in [1.54, 1.807) is 0 Å². The van der Waals surface area contributed by atoms with E-state index in [0.717, 1.165) is 19.5 Å². The van der Waals surface area contributed by atoms with Gasteiger partial charge in [-0.3, -0.25) is 9.69 Å². The molecule has 3 heteroatoms. The first kappa shape index (κ1) is 26.7. The third kappa shape index (κ3) is 12.4. The molecule has 0 aromatic heterocycles. The third-order valence-corrected chi connectivity index (χ3v) is 5.87. The predicted octanol–water partition coefficient (Wildman–Crippen LogP) is 7.18. The molecule has 0 bridgehead atoms. The number of unbranched alkanes of at least 4 members (excludes halogenated alkanes) is 10. The van der Waals surface area contributed by atoms with Crippen molar-refractivity contribution in [3.63, 3.8) is 0 Å². The molecule has 0 N–H and O–H groups in total. The summed E-state index contributed by atoms with van der Waals surface area (Å²) in [7, 11) is 0. The molecule has 172 valence electrons. The number of rotatable bonds is 19. The van der Waals surface area contributed by atoms with Crippen LogP contribution in [0.4, 0.5) is 0 Å². The molecule has 1 atom stereocenters. The molecule has 0 aliphatic heterocycles. The molecule has 0 amide bonds. The maximum atomic E-state index is 12.9. The van der Waals surface area contributed by atoms with Crippen molar-refractivity contribution >= 4 is 5.97 Å². The van der Waals surface area contributed by atoms with Gasteiger partial charge in [0.05, 0.1) is 6.61 Å². The summed E-state index contributed by atoms with van der Waals surface area (Å²) in [6.45, 7) is 8.87. The highest BCUT2D eigenvalue weighted by Gasteiger charge is 2.27. The highest BCUT2D eigenvalue weighted by atomic mass is 16.5. The molecule has 1 aromatic rings. The second-order valence-corrected chi connectivity index (χ2v) is 8.53. The normalized spacial score (nSPS) is 12.3. The zero-order valence-electron chi connectivity index (χ0n) is 20.0. The highest BCUT2D eigenvalue weighted by molar-refractivity contribution is 5.76. The molecule has 1 rings (SSSR count). The number of carbonyl (C=O) groups is 1. The Morgan fingerprint density at radius 2 is 1.27 bits per heavy atom. The van der Waals surface area contributed by atoms with E-state index in [0.29, 0.717) is 6.61 Å². The minimum absolute atomic E-state index is 0.0571. The maximum absolute atomic E-state index is 12.9. The summed E-state index contributed by atoms with van der Waals surface area (Å²) in [6.07, 6.45) is 16.1. The molecule has 0 radical (unpaired) electrons. The van der Waals surface area contributed by atoms with Crippen LogP contribution in [0.3, 0.4) is 0 Å². The van der Waals surface area contributed by atoms with E-state index in [9.17, 15) is 4.79 Å². The third-order valence-electron chi connectivity index (χ3n) is 5.87. The van der Waals surface area contributed by atoms with Gasteiger partial charge in [0.1, 0.15) is 6.04 Å². The van der Waals surface area contributed by atoms with E-state index in [-0.39, 0.29) is 12.0 Å². The Kier molecular flexibility index (Phi) is 16.4. The number of carbonyl (C=O) groups excluding carboxylic acids is 1. The van der Waals surface area contributed by atoms with Gasteiger partial charge in [-0.25, -0.2) is 0 Å². The van der Waals surface area contributed by atoms with Gasteiger partial charge in [-0.05, 0) is 44.8 Å². The largest absolute Gasteiger partial charge is 0.465 e. The molecule has 0 unspecified atom stereocenters. The van der Waals surface area contributed by atoms with Crippen LogP contribution in [0.15, 0.2) is 30.3 Å². The van der Waals surface area contributed by atoms with Gasteiger partial charge in [0.25, 0.3) is 0 Å². The molecule has 0 saturated carbocycles. The monoisotopic (exact) mass is 417 g/mol. The van der Waals surface area contributed by atoms with Crippen LogP contribution in [0.25, 0.3) is 0 Å². The van der Waals surface area contributed by atoms with Gasteiger partial charge in [0, 0.05) is 0 Å². The van der Waals surface area contributed by atoms with E-state index in [1.165, 1.54) is 82.6 Å². The van der Waals surface area contributed by atoms with Crippen LogP contribution in [0, 0.1) is 0 Å². The van der Waals surface area contributed by atoms with Gasteiger partial charge in [0.15, 0.2) is 0 Å². The lowest BCUT2D eigenvalue weighted by atomic mass is 10.0. The van der Waals surface area contributed by atoms with Crippen molar-refractivity contribution in [3.05, 3.63) is 35.9 Å². The molecular formula is C27H47NO2. The van der Waals surface area contributed by atoms with Gasteiger partial charge in [-0.2, -0.15) is 0 Å². The average Bonchev–Trinajstić information content (AvgIpc) is 2.76. The van der Waals surface area contributed by atoms with Crippen LogP contribution in [-0.4, -0.2) is 36.6 Å². The fraction of sp³-hybridized carbons (Fsp3) is 0.741. The van der Waals surface area contributed by atoms with Crippen molar-refractivity contribution in [1.29, 1.82) is 0 Å². The first-order chi connectivity index (χ1) is 14.7. The Labute approximate surface area is 186 Å². The second-order valence-electron chi connectivity index (χ2n) is 8.53. The van der Waals surface area contributed by atoms with Crippen molar-refractivity contribution in [2.24, 2.45) is 0 Å². The predicted molar refractivity (Wildman–Crippen MR) is 129 cm³/mol. The Bertz CT molecular complexity index is 501. The second kappa shape index (κ2) is 18.4. The number of esters is 1. The fourth-order valence-electron chi connectivity index (χ4n) is 4.05. The zero-order valence-corrected chi connectivity index (χ0v) is 20.0. The first-order valence-corrected chi connectivity index (χ1v) is 12.7. The molecular weight excluding hydrogens is 370 g/mol. The smallest absolute Gasteiger partial charge is 0.323 e. The lowest BCUT2D eigenvalue weighted by molar-refractivity contribution is -0.149. The van der Waals surface area contributed by atoms with Crippen molar-refractivity contribution in [2.45, 2.75) is 110 Å². The van der Waals surface area contributed by atoms with E-state index < -0.39 is 0 Å². The van der Waals surface area contributed by atoms with E-state index in [1.807, 2.05) is 13.0 Å². The van der Waals surface area contributed by atoms with Crippen LogP contribution in [0.1, 0.15) is 103 Å². The van der Waals surface area contributed by atoms with Gasteiger partial charge >= 0.3 is 5.97 Å². The average molecular weight is 418 g/mol. The number of hydrogen-bond acceptors (Lipinski definition) is 3. The summed E-state index contributed by atoms with van der Waals surface area (Å²) in [4.78, 5) is 15.3. The highest BCUT2D eigenvalue weighted by Crippen LogP contribution is 2.16. The molecule has 0 aliphatic carbocycles. The SMILES string of the molecule is CCCCCCCCN(CCCCCCCC)[C@@H](Cc1ccccc1)C(=O)OCC. The van der Waals surface area contributed by atoms with Crippen LogP contribution in [0.2, 0.25) is 0 Å². The van der Waals surface area contributed by atoms with Crippen molar-refractivity contribution < 1.29 is 9.53 Å². The Morgan fingerprint density at radius 3 is 1.77 bits per heavy atom. The lowest BCUT2D eigenvalue weighted by Crippen LogP contribution is -2.44. The minimum Gasteiger partial charge on any atom is -0.465 e. The van der Waals surface area contributed by atoms with Crippen LogP contribution in [0.5, 0.6) is 0 Å². The van der Waals surface area contributed by atoms with E-state index in [2.05, 4.69) is 43.0 Å². The summed E-state index contributed by atoms with van der Waals surface area (Å²) < 4.78 is 5.50. The Hall–Kier alpha value is -1.35. The first-order valence-electron chi connectivity index (χ1n) is 12.7. The Balaban J connectivity index is 2.70. The van der Waals surface area contributed by atoms with Crippen LogP contribution >= 0.6 is 0 Å². The molecule has 0 heterocycles. The molecule has 0 fully saturated rings. The molecule has 3 nitrogen and oxygen atoms in total. The van der Waals surface area contributed by atoms with Gasteiger partial charge in [-0.15, -0.1) is 0 Å². The van der Waals surface area contributed by atoms with Crippen molar-refractivity contribution in [2.75, 3.05) is 19.7 Å². The van der Waals surface area contributed by atoms with Gasteiger partial charge in [0.2, 0.25) is 0 Å². The fourth-order valence-corrected chi connectivity index (χ4v) is 4.05. The lowest BCUT2D eigenvalue weighted by Gasteiger charge is -2.30. The summed E-state index contributed by atoms with van der Waals surface area (Å²) in [6, 6.07) is 10.2. The Morgan fingerprint density at radius 1 is 0.767 bits per heavy atom. The summed E-state index contributed by atoms with van der Waals surface area (Å²) in [5.74, 6) is -0.0571. The van der Waals surface area contributed by atoms with E-state index in [4.69, 9.17) is 4.74 Å². The molecule has 0 spiro atoms. The number of benzene rings is 1. The number of nitrogens with zero attached hydrogens (tertiary/aromatic N) is 1. The summed E-state index contributed by atoms with van der Waals surface area (Å²) >= 11 is 0. The van der Waals surface area contributed by atoms with Crippen molar-refractivity contribution in [3.8, 4) is 0 Å². The van der Waals surface area contributed by atoms with Crippen LogP contribution in [-0.2, 0) is 16.0 Å². The quantitative estimate of drug-likeness (QED) is 0.176. The molecule has 1 aromatic carbocycles. The zero-order chi connectivity index (χ0) is 21.9. The number of ether oxygens (including phenoxy) is 1. The van der Waals surface area contributed by atoms with E-state index >= 15 is 0 Å². The topological polar surface area (TPSA) is 29.5 Å². The number of hydrogen-bond donors (Lipinski definition) is 0. The van der Waals surface area contributed by atoms with Gasteiger partial charge < -0.3 is 4.74 Å². The standard InChI is InChI=1S/C27H47NO2/c1-4-7-9-11-13-18-22-28(23-19-14-12-10-8-5-2)26(27(29)30-6-3)24-25-20-16-15-17-21-25/h15-17,20-21,26H,4-14,18-19,22-24H2,1-3H3/t26-/m0/s1. The molecule has 0 saturated heterocycles. The minimum atomic E-state index is -0.168. The molecule has 30 heavy (non-hydrogen) atoms. The van der Waals surface area contributed by atoms with Crippen molar-refractivity contribution in [1.82, 2.24) is 4.90 Å². The molecule has 0 aliphatic rings. The maximum Gasteiger partial charge on any atom is 0.323 e. The van der Waals surface area contributed by atoms with Gasteiger partial charge in [-0.1, -0.05) is 108 Å².